The quantitative estimate of drug-likeness (QED) is 0.159. The molecule has 0 bridgehead atoms. The smallest absolute Gasteiger partial charge is 0.326 e. The molecule has 0 spiro atoms. The molecular formula is C23H34N4O8. The van der Waals surface area contributed by atoms with Crippen molar-refractivity contribution in [3.63, 3.8) is 0 Å². The fourth-order valence-corrected chi connectivity index (χ4v) is 3.18. The Morgan fingerprint density at radius 2 is 1.40 bits per heavy atom. The summed E-state index contributed by atoms with van der Waals surface area (Å²) >= 11 is 0. The molecular weight excluding hydrogens is 460 g/mol. The zero-order valence-corrected chi connectivity index (χ0v) is 19.8. The number of hydrogen-bond acceptors (Lipinski definition) is 7. The highest BCUT2D eigenvalue weighted by Crippen LogP contribution is 2.07. The lowest BCUT2D eigenvalue weighted by Gasteiger charge is -2.24. The summed E-state index contributed by atoms with van der Waals surface area (Å²) in [5, 5.41) is 34.9. The Morgan fingerprint density at radius 3 is 1.91 bits per heavy atom. The van der Waals surface area contributed by atoms with Gasteiger partial charge < -0.3 is 37.0 Å². The summed E-state index contributed by atoms with van der Waals surface area (Å²) in [4.78, 5) is 60.2. The second kappa shape index (κ2) is 14.7. The van der Waals surface area contributed by atoms with Crippen molar-refractivity contribution in [2.24, 2.45) is 11.7 Å². The van der Waals surface area contributed by atoms with Crippen molar-refractivity contribution in [3.8, 4) is 0 Å². The van der Waals surface area contributed by atoms with Crippen LogP contribution in [-0.4, -0.2) is 75.8 Å². The maximum absolute atomic E-state index is 13.0. The first kappa shape index (κ1) is 29.5. The summed E-state index contributed by atoms with van der Waals surface area (Å²) in [6.45, 7) is 2.76. The molecule has 194 valence electrons. The number of carbonyl (C=O) groups is 5. The molecule has 0 heterocycles. The average Bonchev–Trinajstić information content (AvgIpc) is 2.79. The second-order valence-electron chi connectivity index (χ2n) is 8.56. The van der Waals surface area contributed by atoms with Gasteiger partial charge in [0.25, 0.3) is 0 Å². The van der Waals surface area contributed by atoms with Gasteiger partial charge in [-0.15, -0.1) is 0 Å². The minimum Gasteiger partial charge on any atom is -0.481 e. The van der Waals surface area contributed by atoms with E-state index in [9.17, 15) is 34.2 Å². The molecule has 0 aromatic heterocycles. The summed E-state index contributed by atoms with van der Waals surface area (Å²) in [6, 6.07) is 3.61. The molecule has 1 rings (SSSR count). The van der Waals surface area contributed by atoms with Crippen molar-refractivity contribution in [3.05, 3.63) is 35.9 Å². The van der Waals surface area contributed by atoms with E-state index in [0.29, 0.717) is 5.56 Å². The van der Waals surface area contributed by atoms with Gasteiger partial charge in [0, 0.05) is 12.8 Å². The third-order valence-corrected chi connectivity index (χ3v) is 5.06. The summed E-state index contributed by atoms with van der Waals surface area (Å²) < 4.78 is 0. The molecule has 0 saturated carbocycles. The largest absolute Gasteiger partial charge is 0.481 e. The molecule has 0 aliphatic rings. The van der Waals surface area contributed by atoms with E-state index < -0.39 is 60.4 Å². The molecule has 0 radical (unpaired) electrons. The Hall–Kier alpha value is -3.51. The molecule has 0 aliphatic carbocycles. The van der Waals surface area contributed by atoms with Crippen molar-refractivity contribution >= 4 is 29.7 Å². The minimum atomic E-state index is -1.47. The molecule has 35 heavy (non-hydrogen) atoms. The predicted molar refractivity (Wildman–Crippen MR) is 125 cm³/mol. The molecule has 1 aromatic carbocycles. The molecule has 12 heteroatoms. The number of carboxylic acids is 2. The van der Waals surface area contributed by atoms with E-state index in [2.05, 4.69) is 16.0 Å². The van der Waals surface area contributed by atoms with Crippen LogP contribution < -0.4 is 21.7 Å². The van der Waals surface area contributed by atoms with Crippen molar-refractivity contribution in [1.29, 1.82) is 0 Å². The van der Waals surface area contributed by atoms with Crippen LogP contribution in [0.15, 0.2) is 30.3 Å². The Morgan fingerprint density at radius 1 is 0.857 bits per heavy atom. The fourth-order valence-electron chi connectivity index (χ4n) is 3.18. The third-order valence-electron chi connectivity index (χ3n) is 5.06. The number of carbonyl (C=O) groups excluding carboxylic acids is 3. The SMILES string of the molecule is CC(C)CC(NC(=O)C(CO)NC(=O)C(Cc1ccccc1)NC(=O)C(N)CCC(=O)O)C(=O)O. The van der Waals surface area contributed by atoms with Gasteiger partial charge in [-0.1, -0.05) is 44.2 Å². The molecule has 1 aromatic rings. The van der Waals surface area contributed by atoms with E-state index >= 15 is 0 Å². The first-order valence-electron chi connectivity index (χ1n) is 11.2. The van der Waals surface area contributed by atoms with Crippen LogP contribution in [0.3, 0.4) is 0 Å². The first-order valence-corrected chi connectivity index (χ1v) is 11.2. The Bertz CT molecular complexity index is 878. The maximum Gasteiger partial charge on any atom is 0.326 e. The number of amides is 3. The van der Waals surface area contributed by atoms with Crippen LogP contribution in [0.2, 0.25) is 0 Å². The van der Waals surface area contributed by atoms with E-state index in [4.69, 9.17) is 10.8 Å². The first-order chi connectivity index (χ1) is 16.4. The number of aliphatic carboxylic acids is 2. The molecule has 4 atom stereocenters. The van der Waals surface area contributed by atoms with Crippen LogP contribution in [0.5, 0.6) is 0 Å². The second-order valence-corrected chi connectivity index (χ2v) is 8.56. The number of benzene rings is 1. The molecule has 4 unspecified atom stereocenters. The average molecular weight is 495 g/mol. The van der Waals surface area contributed by atoms with Crippen LogP contribution >= 0.6 is 0 Å². The van der Waals surface area contributed by atoms with E-state index in [1.54, 1.807) is 44.2 Å². The number of nitrogens with two attached hydrogens (primary N) is 1. The molecule has 0 saturated heterocycles. The standard InChI is InChI=1S/C23H34N4O8/c1-13(2)10-17(23(34)35)26-22(33)18(12-28)27-21(32)16(11-14-6-4-3-5-7-14)25-20(31)15(24)8-9-19(29)30/h3-7,13,15-18,28H,8-12,24H2,1-2H3,(H,25,31)(H,26,33)(H,27,32)(H,29,30)(H,34,35). The monoisotopic (exact) mass is 494 g/mol. The van der Waals surface area contributed by atoms with Gasteiger partial charge in [0.1, 0.15) is 18.1 Å². The Balaban J connectivity index is 2.97. The number of aliphatic hydroxyl groups is 1. The molecule has 3 amide bonds. The van der Waals surface area contributed by atoms with E-state index in [-0.39, 0.29) is 31.6 Å². The Kier molecular flexibility index (Phi) is 12.4. The summed E-state index contributed by atoms with van der Waals surface area (Å²) in [7, 11) is 0. The van der Waals surface area contributed by atoms with Gasteiger partial charge in [-0.25, -0.2) is 4.79 Å². The van der Waals surface area contributed by atoms with Crippen molar-refractivity contribution in [2.45, 2.75) is 63.7 Å². The van der Waals surface area contributed by atoms with E-state index in [1.807, 2.05) is 0 Å². The molecule has 8 N–H and O–H groups in total. The van der Waals surface area contributed by atoms with Gasteiger partial charge in [-0.2, -0.15) is 0 Å². The zero-order valence-electron chi connectivity index (χ0n) is 19.8. The van der Waals surface area contributed by atoms with Crippen LogP contribution in [0.4, 0.5) is 0 Å². The maximum atomic E-state index is 13.0. The van der Waals surface area contributed by atoms with Crippen LogP contribution in [0.1, 0.15) is 38.7 Å². The molecule has 0 fully saturated rings. The number of aliphatic hydroxyl groups excluding tert-OH is 1. The lowest BCUT2D eigenvalue weighted by molar-refractivity contribution is -0.143. The number of rotatable bonds is 15. The van der Waals surface area contributed by atoms with Gasteiger partial charge >= 0.3 is 11.9 Å². The van der Waals surface area contributed by atoms with Crippen molar-refractivity contribution < 1.29 is 39.3 Å². The van der Waals surface area contributed by atoms with Gasteiger partial charge in [0.2, 0.25) is 17.7 Å². The van der Waals surface area contributed by atoms with Gasteiger partial charge in [-0.05, 0) is 24.3 Å². The summed E-state index contributed by atoms with van der Waals surface area (Å²) in [5.41, 5.74) is 6.42. The highest BCUT2D eigenvalue weighted by molar-refractivity contribution is 5.94. The van der Waals surface area contributed by atoms with Gasteiger partial charge in [0.05, 0.1) is 12.6 Å². The fraction of sp³-hybridized carbons (Fsp3) is 0.522. The van der Waals surface area contributed by atoms with E-state index in [0.717, 1.165) is 0 Å². The highest BCUT2D eigenvalue weighted by atomic mass is 16.4. The lowest BCUT2D eigenvalue weighted by Crippen LogP contribution is -2.58. The predicted octanol–water partition coefficient (Wildman–Crippen LogP) is -1.00. The van der Waals surface area contributed by atoms with Gasteiger partial charge in [-0.3, -0.25) is 19.2 Å². The Labute approximate surface area is 203 Å². The highest BCUT2D eigenvalue weighted by Gasteiger charge is 2.30. The number of nitrogens with one attached hydrogen (secondary N) is 3. The molecule has 0 aliphatic heterocycles. The number of hydrogen-bond donors (Lipinski definition) is 7. The van der Waals surface area contributed by atoms with Crippen molar-refractivity contribution in [2.75, 3.05) is 6.61 Å². The minimum absolute atomic E-state index is 0.0227. The zero-order chi connectivity index (χ0) is 26.5. The summed E-state index contributed by atoms with van der Waals surface area (Å²) in [5.74, 6) is -4.86. The van der Waals surface area contributed by atoms with Crippen LogP contribution in [-0.2, 0) is 30.4 Å². The van der Waals surface area contributed by atoms with Crippen LogP contribution in [0, 0.1) is 5.92 Å². The topological polar surface area (TPSA) is 208 Å². The number of carboxylic acid groups (broad SMARTS) is 2. The van der Waals surface area contributed by atoms with E-state index in [1.165, 1.54) is 0 Å². The third kappa shape index (κ3) is 11.0. The molecule has 12 nitrogen and oxygen atoms in total. The lowest BCUT2D eigenvalue weighted by atomic mass is 10.0. The normalized spacial score (nSPS) is 14.3. The summed E-state index contributed by atoms with van der Waals surface area (Å²) in [6.07, 6.45) is -0.310. The van der Waals surface area contributed by atoms with Crippen molar-refractivity contribution in [1.82, 2.24) is 16.0 Å². The van der Waals surface area contributed by atoms with Crippen LogP contribution in [0.25, 0.3) is 0 Å². The van der Waals surface area contributed by atoms with Gasteiger partial charge in [0.15, 0.2) is 0 Å².